The summed E-state index contributed by atoms with van der Waals surface area (Å²) in [6, 6.07) is 0.351. The summed E-state index contributed by atoms with van der Waals surface area (Å²) in [6.45, 7) is 10.2. The molecule has 7 heteroatoms. The van der Waals surface area contributed by atoms with Gasteiger partial charge in [-0.2, -0.15) is 0 Å². The van der Waals surface area contributed by atoms with Gasteiger partial charge >= 0.3 is 0 Å². The van der Waals surface area contributed by atoms with E-state index in [9.17, 15) is 4.79 Å². The van der Waals surface area contributed by atoms with Crippen LogP contribution in [0.2, 0.25) is 0 Å². The van der Waals surface area contributed by atoms with Gasteiger partial charge in [0.1, 0.15) is 0 Å². The Hall–Kier alpha value is -1.14. The normalized spacial score (nSPS) is 16.2. The molecule has 1 saturated heterocycles. The highest BCUT2D eigenvalue weighted by Crippen LogP contribution is 2.21. The molecule has 1 amide bonds. The molecule has 22 heavy (non-hydrogen) atoms. The number of carbonyl (C=O) groups is 1. The molecule has 1 fully saturated rings. The molecule has 2 N–H and O–H groups in total. The standard InChI is InChI=1S/C15H27N5O.ClH/c1-5-15(4,6-2)17-14(21)13-11(3)20(19-18-13)12-7-9-16-10-8-12;/h12,16H,5-10H2,1-4H3,(H,17,21);1H. The molecule has 0 atom stereocenters. The van der Waals surface area contributed by atoms with E-state index < -0.39 is 0 Å². The molecule has 1 aliphatic heterocycles. The minimum absolute atomic E-state index is 0. The fraction of sp³-hybridized carbons (Fsp3) is 0.800. The molecule has 0 spiro atoms. The number of rotatable bonds is 5. The lowest BCUT2D eigenvalue weighted by Gasteiger charge is -2.28. The molecule has 0 bridgehead atoms. The van der Waals surface area contributed by atoms with E-state index in [0.29, 0.717) is 11.7 Å². The van der Waals surface area contributed by atoms with Crippen molar-refractivity contribution in [1.29, 1.82) is 0 Å². The second-order valence-electron chi connectivity index (χ2n) is 6.17. The smallest absolute Gasteiger partial charge is 0.274 e. The molecule has 1 aliphatic rings. The van der Waals surface area contributed by atoms with Crippen LogP contribution in [0.15, 0.2) is 0 Å². The van der Waals surface area contributed by atoms with Gasteiger partial charge < -0.3 is 10.6 Å². The first-order chi connectivity index (χ1) is 10.0. The number of amides is 1. The maximum atomic E-state index is 12.5. The van der Waals surface area contributed by atoms with Gasteiger partial charge in [0.2, 0.25) is 0 Å². The van der Waals surface area contributed by atoms with Crippen molar-refractivity contribution in [2.45, 2.75) is 65.0 Å². The zero-order valence-corrected chi connectivity index (χ0v) is 14.8. The van der Waals surface area contributed by atoms with Crippen molar-refractivity contribution in [3.63, 3.8) is 0 Å². The Labute approximate surface area is 138 Å². The fourth-order valence-corrected chi connectivity index (χ4v) is 2.71. The van der Waals surface area contributed by atoms with Gasteiger partial charge in [-0.05, 0) is 52.6 Å². The Balaban J connectivity index is 0.00000242. The first-order valence-corrected chi connectivity index (χ1v) is 7.95. The van der Waals surface area contributed by atoms with Crippen LogP contribution in [0.5, 0.6) is 0 Å². The monoisotopic (exact) mass is 329 g/mol. The lowest BCUT2D eigenvalue weighted by Crippen LogP contribution is -2.45. The van der Waals surface area contributed by atoms with Crippen LogP contribution in [0.1, 0.15) is 68.7 Å². The minimum atomic E-state index is -0.179. The van der Waals surface area contributed by atoms with E-state index in [4.69, 9.17) is 0 Å². The molecule has 0 saturated carbocycles. The van der Waals surface area contributed by atoms with Crippen LogP contribution < -0.4 is 10.6 Å². The van der Waals surface area contributed by atoms with Crippen LogP contribution >= 0.6 is 12.4 Å². The Kier molecular flexibility index (Phi) is 6.81. The Morgan fingerprint density at radius 1 is 1.36 bits per heavy atom. The topological polar surface area (TPSA) is 71.8 Å². The molecule has 2 rings (SSSR count). The number of nitrogens with zero attached hydrogens (tertiary/aromatic N) is 3. The Morgan fingerprint density at radius 2 is 1.95 bits per heavy atom. The third kappa shape index (κ3) is 3.98. The van der Waals surface area contributed by atoms with E-state index in [1.165, 1.54) is 0 Å². The van der Waals surface area contributed by atoms with Gasteiger partial charge in [-0.15, -0.1) is 17.5 Å². The first-order valence-electron chi connectivity index (χ1n) is 7.95. The van der Waals surface area contributed by atoms with Crippen LogP contribution in [0.4, 0.5) is 0 Å². The maximum Gasteiger partial charge on any atom is 0.274 e. The van der Waals surface area contributed by atoms with E-state index in [1.54, 1.807) is 0 Å². The van der Waals surface area contributed by atoms with Crippen molar-refractivity contribution in [1.82, 2.24) is 25.6 Å². The first kappa shape index (κ1) is 18.9. The number of halogens is 1. The van der Waals surface area contributed by atoms with Crippen molar-refractivity contribution in [2.24, 2.45) is 0 Å². The van der Waals surface area contributed by atoms with Crippen molar-refractivity contribution in [3.8, 4) is 0 Å². The molecular weight excluding hydrogens is 302 g/mol. The average molecular weight is 330 g/mol. The molecular formula is C15H28ClN5O. The number of hydrogen-bond acceptors (Lipinski definition) is 4. The predicted octanol–water partition coefficient (Wildman–Crippen LogP) is 2.24. The molecule has 1 aromatic rings. The summed E-state index contributed by atoms with van der Waals surface area (Å²) in [5.41, 5.74) is 1.15. The second kappa shape index (κ2) is 7.92. The molecule has 0 radical (unpaired) electrons. The van der Waals surface area contributed by atoms with Crippen molar-refractivity contribution in [2.75, 3.05) is 13.1 Å². The molecule has 2 heterocycles. The molecule has 6 nitrogen and oxygen atoms in total. The van der Waals surface area contributed by atoms with E-state index in [1.807, 2.05) is 11.6 Å². The zero-order chi connectivity index (χ0) is 15.5. The molecule has 126 valence electrons. The fourth-order valence-electron chi connectivity index (χ4n) is 2.71. The summed E-state index contributed by atoms with van der Waals surface area (Å²) in [5.74, 6) is -0.112. The Morgan fingerprint density at radius 3 is 2.50 bits per heavy atom. The minimum Gasteiger partial charge on any atom is -0.345 e. The van der Waals surface area contributed by atoms with Gasteiger partial charge in [0.15, 0.2) is 5.69 Å². The number of carbonyl (C=O) groups excluding carboxylic acids is 1. The summed E-state index contributed by atoms with van der Waals surface area (Å²) in [7, 11) is 0. The third-order valence-electron chi connectivity index (χ3n) is 4.77. The number of piperidine rings is 1. The highest BCUT2D eigenvalue weighted by Gasteiger charge is 2.27. The zero-order valence-electron chi connectivity index (χ0n) is 14.0. The summed E-state index contributed by atoms with van der Waals surface area (Å²) in [5, 5.41) is 14.8. The quantitative estimate of drug-likeness (QED) is 0.869. The van der Waals surface area contributed by atoms with Crippen LogP contribution in [-0.2, 0) is 0 Å². The molecule has 0 unspecified atom stereocenters. The Bertz CT molecular complexity index is 492. The molecule has 0 aliphatic carbocycles. The highest BCUT2D eigenvalue weighted by molar-refractivity contribution is 5.93. The highest BCUT2D eigenvalue weighted by atomic mass is 35.5. The van der Waals surface area contributed by atoms with Gasteiger partial charge in [-0.3, -0.25) is 4.79 Å². The van der Waals surface area contributed by atoms with Gasteiger partial charge in [-0.25, -0.2) is 4.68 Å². The average Bonchev–Trinajstić information content (AvgIpc) is 2.89. The van der Waals surface area contributed by atoms with Crippen molar-refractivity contribution in [3.05, 3.63) is 11.4 Å². The van der Waals surface area contributed by atoms with Gasteiger partial charge in [0.25, 0.3) is 5.91 Å². The number of hydrogen-bond donors (Lipinski definition) is 2. The lowest BCUT2D eigenvalue weighted by molar-refractivity contribution is 0.0895. The second-order valence-corrected chi connectivity index (χ2v) is 6.17. The van der Waals surface area contributed by atoms with Gasteiger partial charge in [0.05, 0.1) is 11.7 Å². The van der Waals surface area contributed by atoms with Crippen molar-refractivity contribution >= 4 is 18.3 Å². The third-order valence-corrected chi connectivity index (χ3v) is 4.77. The summed E-state index contributed by atoms with van der Waals surface area (Å²) in [6.07, 6.45) is 3.87. The summed E-state index contributed by atoms with van der Waals surface area (Å²) >= 11 is 0. The SMILES string of the molecule is CCC(C)(CC)NC(=O)c1nnn(C2CCNCC2)c1C.Cl. The van der Waals surface area contributed by atoms with E-state index in [2.05, 4.69) is 41.7 Å². The molecule has 0 aromatic carbocycles. The van der Waals surface area contributed by atoms with Crippen LogP contribution in [0, 0.1) is 6.92 Å². The largest absolute Gasteiger partial charge is 0.345 e. The van der Waals surface area contributed by atoms with Gasteiger partial charge in [0, 0.05) is 5.54 Å². The summed E-state index contributed by atoms with van der Waals surface area (Å²) < 4.78 is 1.92. The van der Waals surface area contributed by atoms with Crippen LogP contribution in [-0.4, -0.2) is 39.5 Å². The van der Waals surface area contributed by atoms with Crippen LogP contribution in [0.25, 0.3) is 0 Å². The lowest BCUT2D eigenvalue weighted by atomic mass is 9.95. The maximum absolute atomic E-state index is 12.5. The van der Waals surface area contributed by atoms with E-state index >= 15 is 0 Å². The number of aromatic nitrogens is 3. The van der Waals surface area contributed by atoms with E-state index in [-0.39, 0.29) is 23.9 Å². The van der Waals surface area contributed by atoms with Gasteiger partial charge in [-0.1, -0.05) is 19.1 Å². The predicted molar refractivity (Wildman–Crippen MR) is 89.6 cm³/mol. The van der Waals surface area contributed by atoms with Crippen LogP contribution in [0.3, 0.4) is 0 Å². The van der Waals surface area contributed by atoms with E-state index in [0.717, 1.165) is 44.5 Å². The summed E-state index contributed by atoms with van der Waals surface area (Å²) in [4.78, 5) is 12.5. The van der Waals surface area contributed by atoms with Crippen molar-refractivity contribution < 1.29 is 4.79 Å². The number of nitrogens with one attached hydrogen (secondary N) is 2. The molecule has 1 aromatic heterocycles.